The molecule has 2 N–H and O–H groups in total. The second-order valence-electron chi connectivity index (χ2n) is 3.97. The molecule has 0 aliphatic rings. The first kappa shape index (κ1) is 13.2. The van der Waals surface area contributed by atoms with Gasteiger partial charge in [-0.1, -0.05) is 6.07 Å². The summed E-state index contributed by atoms with van der Waals surface area (Å²) in [6, 6.07) is 3.75. The van der Waals surface area contributed by atoms with Gasteiger partial charge in [-0.05, 0) is 11.6 Å². The number of aromatic amines is 1. The summed E-state index contributed by atoms with van der Waals surface area (Å²) in [4.78, 5) is 28.1. The van der Waals surface area contributed by atoms with Gasteiger partial charge in [-0.2, -0.15) is 4.39 Å². The van der Waals surface area contributed by atoms with Crippen molar-refractivity contribution in [1.82, 2.24) is 19.9 Å². The van der Waals surface area contributed by atoms with E-state index in [1.54, 1.807) is 12.4 Å². The van der Waals surface area contributed by atoms with E-state index >= 15 is 0 Å². The fraction of sp³-hybridized carbons (Fsp3) is 0.250. The summed E-state index contributed by atoms with van der Waals surface area (Å²) < 4.78 is 14.1. The molecular formula is C12H13FN4O2. The lowest BCUT2D eigenvalue weighted by atomic mass is 10.3. The Morgan fingerprint density at radius 2 is 2.26 bits per heavy atom. The molecule has 19 heavy (non-hydrogen) atoms. The summed E-state index contributed by atoms with van der Waals surface area (Å²) in [7, 11) is 0. The molecule has 0 saturated heterocycles. The van der Waals surface area contributed by atoms with Crippen LogP contribution in [0.4, 0.5) is 4.39 Å². The molecule has 100 valence electrons. The molecule has 0 amide bonds. The third kappa shape index (κ3) is 3.59. The predicted molar refractivity (Wildman–Crippen MR) is 67.2 cm³/mol. The van der Waals surface area contributed by atoms with Crippen molar-refractivity contribution in [3.8, 4) is 0 Å². The Balaban J connectivity index is 1.88. The first-order chi connectivity index (χ1) is 9.16. The van der Waals surface area contributed by atoms with Gasteiger partial charge in [-0.25, -0.2) is 4.79 Å². The van der Waals surface area contributed by atoms with Crippen LogP contribution in [0.15, 0.2) is 40.3 Å². The fourth-order valence-corrected chi connectivity index (χ4v) is 1.58. The van der Waals surface area contributed by atoms with Crippen LogP contribution in [0.3, 0.4) is 0 Å². The number of nitrogens with one attached hydrogen (secondary N) is 2. The zero-order valence-electron chi connectivity index (χ0n) is 10.1. The van der Waals surface area contributed by atoms with Gasteiger partial charge >= 0.3 is 5.69 Å². The number of pyridine rings is 1. The second kappa shape index (κ2) is 6.05. The van der Waals surface area contributed by atoms with Gasteiger partial charge in [0, 0.05) is 32.0 Å². The van der Waals surface area contributed by atoms with Gasteiger partial charge in [0.05, 0.1) is 6.20 Å². The summed E-state index contributed by atoms with van der Waals surface area (Å²) in [5, 5.41) is 3.10. The van der Waals surface area contributed by atoms with Crippen LogP contribution in [0, 0.1) is 5.82 Å². The number of aromatic nitrogens is 3. The molecule has 0 fully saturated rings. The van der Waals surface area contributed by atoms with Crippen molar-refractivity contribution < 1.29 is 4.39 Å². The number of nitrogens with zero attached hydrogens (tertiary/aromatic N) is 2. The van der Waals surface area contributed by atoms with Crippen LogP contribution in [-0.2, 0) is 13.1 Å². The van der Waals surface area contributed by atoms with Crippen molar-refractivity contribution in [1.29, 1.82) is 0 Å². The third-order valence-corrected chi connectivity index (χ3v) is 2.55. The Morgan fingerprint density at radius 1 is 1.42 bits per heavy atom. The molecule has 2 heterocycles. The first-order valence-corrected chi connectivity index (χ1v) is 5.76. The van der Waals surface area contributed by atoms with Crippen molar-refractivity contribution >= 4 is 0 Å². The van der Waals surface area contributed by atoms with E-state index in [9.17, 15) is 14.0 Å². The summed E-state index contributed by atoms with van der Waals surface area (Å²) in [5.74, 6) is -0.966. The van der Waals surface area contributed by atoms with E-state index in [1.807, 2.05) is 17.1 Å². The Morgan fingerprint density at radius 3 is 3.00 bits per heavy atom. The number of hydrogen-bond acceptors (Lipinski definition) is 4. The normalized spacial score (nSPS) is 10.6. The molecule has 0 radical (unpaired) electrons. The van der Waals surface area contributed by atoms with Crippen LogP contribution < -0.4 is 16.6 Å². The van der Waals surface area contributed by atoms with Crippen molar-refractivity contribution in [2.45, 2.75) is 13.1 Å². The number of hydrogen-bond donors (Lipinski definition) is 2. The summed E-state index contributed by atoms with van der Waals surface area (Å²) in [6.07, 6.45) is 4.33. The second-order valence-corrected chi connectivity index (χ2v) is 3.97. The van der Waals surface area contributed by atoms with Gasteiger partial charge in [0.2, 0.25) is 5.82 Å². The standard InChI is InChI=1S/C12H13FN4O2/c13-10-8-17(12(19)16-11(10)18)5-4-15-7-9-2-1-3-14-6-9/h1-3,6,8,15H,4-5,7H2,(H,16,18,19). The highest BCUT2D eigenvalue weighted by molar-refractivity contribution is 5.07. The molecule has 7 heteroatoms. The molecule has 2 rings (SSSR count). The average molecular weight is 264 g/mol. The minimum absolute atomic E-state index is 0.271. The summed E-state index contributed by atoms with van der Waals surface area (Å²) >= 11 is 0. The van der Waals surface area contributed by atoms with Gasteiger partial charge in [0.15, 0.2) is 0 Å². The molecule has 0 spiro atoms. The van der Waals surface area contributed by atoms with Crippen LogP contribution in [0.1, 0.15) is 5.56 Å². The van der Waals surface area contributed by atoms with Crippen molar-refractivity contribution in [2.24, 2.45) is 0 Å². The van der Waals surface area contributed by atoms with Gasteiger partial charge in [-0.3, -0.25) is 19.3 Å². The maximum atomic E-state index is 13.0. The predicted octanol–water partition coefficient (Wildman–Crippen LogP) is -0.139. The topological polar surface area (TPSA) is 79.8 Å². The Kier molecular flexibility index (Phi) is 4.19. The fourth-order valence-electron chi connectivity index (χ4n) is 1.58. The summed E-state index contributed by atoms with van der Waals surface area (Å²) in [6.45, 7) is 1.35. The SMILES string of the molecule is O=c1[nH]c(=O)n(CCNCc2cccnc2)cc1F. The van der Waals surface area contributed by atoms with E-state index in [2.05, 4.69) is 10.3 Å². The zero-order chi connectivity index (χ0) is 13.7. The maximum absolute atomic E-state index is 13.0. The van der Waals surface area contributed by atoms with E-state index < -0.39 is 17.1 Å². The lowest BCUT2D eigenvalue weighted by Gasteiger charge is -2.06. The van der Waals surface area contributed by atoms with E-state index in [1.165, 1.54) is 0 Å². The lowest BCUT2D eigenvalue weighted by molar-refractivity contribution is 0.529. The largest absolute Gasteiger partial charge is 0.328 e. The van der Waals surface area contributed by atoms with Crippen LogP contribution >= 0.6 is 0 Å². The van der Waals surface area contributed by atoms with Gasteiger partial charge in [0.1, 0.15) is 0 Å². The molecule has 0 bridgehead atoms. The minimum atomic E-state index is -0.996. The quantitative estimate of drug-likeness (QED) is 0.737. The van der Waals surface area contributed by atoms with E-state index in [0.717, 1.165) is 16.3 Å². The first-order valence-electron chi connectivity index (χ1n) is 5.76. The van der Waals surface area contributed by atoms with E-state index in [-0.39, 0.29) is 6.54 Å². The molecular weight excluding hydrogens is 251 g/mol. The average Bonchev–Trinajstić information content (AvgIpc) is 2.41. The van der Waals surface area contributed by atoms with Gasteiger partial charge in [0.25, 0.3) is 5.56 Å². The summed E-state index contributed by atoms with van der Waals surface area (Å²) in [5.41, 5.74) is -0.596. The van der Waals surface area contributed by atoms with Crippen molar-refractivity contribution in [3.63, 3.8) is 0 Å². The third-order valence-electron chi connectivity index (χ3n) is 2.55. The number of H-pyrrole nitrogens is 1. The Bertz CT molecular complexity index is 651. The maximum Gasteiger partial charge on any atom is 0.328 e. The van der Waals surface area contributed by atoms with Crippen LogP contribution in [0.25, 0.3) is 0 Å². The molecule has 0 aliphatic carbocycles. The van der Waals surface area contributed by atoms with Gasteiger partial charge < -0.3 is 5.32 Å². The number of halogens is 1. The molecule has 0 aromatic carbocycles. The van der Waals surface area contributed by atoms with E-state index in [0.29, 0.717) is 13.1 Å². The van der Waals surface area contributed by atoms with Crippen LogP contribution in [0.2, 0.25) is 0 Å². The molecule has 0 aliphatic heterocycles. The molecule has 0 saturated carbocycles. The van der Waals surface area contributed by atoms with Gasteiger partial charge in [-0.15, -0.1) is 0 Å². The molecule has 2 aromatic rings. The van der Waals surface area contributed by atoms with Crippen LogP contribution in [0.5, 0.6) is 0 Å². The highest BCUT2D eigenvalue weighted by Gasteiger charge is 2.02. The molecule has 0 atom stereocenters. The Hall–Kier alpha value is -2.28. The minimum Gasteiger partial charge on any atom is -0.311 e. The van der Waals surface area contributed by atoms with Crippen LogP contribution in [-0.4, -0.2) is 21.1 Å². The highest BCUT2D eigenvalue weighted by Crippen LogP contribution is 1.93. The monoisotopic (exact) mass is 264 g/mol. The van der Waals surface area contributed by atoms with E-state index in [4.69, 9.17) is 0 Å². The van der Waals surface area contributed by atoms with Crippen molar-refractivity contribution in [3.05, 3.63) is 62.9 Å². The number of rotatable bonds is 5. The van der Waals surface area contributed by atoms with Crippen molar-refractivity contribution in [2.75, 3.05) is 6.54 Å². The molecule has 6 nitrogen and oxygen atoms in total. The Labute approximate surface area is 107 Å². The smallest absolute Gasteiger partial charge is 0.311 e. The highest BCUT2D eigenvalue weighted by atomic mass is 19.1. The molecule has 2 aromatic heterocycles. The lowest BCUT2D eigenvalue weighted by Crippen LogP contribution is -2.33. The zero-order valence-corrected chi connectivity index (χ0v) is 10.1. The molecule has 0 unspecified atom stereocenters.